The van der Waals surface area contributed by atoms with Crippen molar-refractivity contribution in [3.8, 4) is 11.5 Å². The average Bonchev–Trinajstić information content (AvgIpc) is 2.63. The van der Waals surface area contributed by atoms with Gasteiger partial charge in [-0.1, -0.05) is 19.1 Å². The summed E-state index contributed by atoms with van der Waals surface area (Å²) >= 11 is 0. The van der Waals surface area contributed by atoms with Gasteiger partial charge in [-0.3, -0.25) is 4.79 Å². The molecule has 0 aromatic heterocycles. The maximum atomic E-state index is 12.6. The standard InChI is InChI=1S/C20H26O7/c1-11-7-8-16(22)19(24)15(21)6-4-5-13-9-14(26-3)10-17(23)18(13)20(25)27-12(11)2/h4-5,9-12,15,19,21,23-24H,6-8H2,1-3H3/b5-4+/t11-,12?,15+,19+/m1/s1. The Morgan fingerprint density at radius 3 is 2.56 bits per heavy atom. The van der Waals surface area contributed by atoms with Gasteiger partial charge in [-0.05, 0) is 37.3 Å². The Balaban J connectivity index is 2.45. The number of esters is 1. The molecule has 1 aliphatic rings. The van der Waals surface area contributed by atoms with Crippen molar-refractivity contribution in [2.45, 2.75) is 51.4 Å². The number of cyclic esters (lactones) is 1. The number of ketones is 1. The molecule has 148 valence electrons. The maximum absolute atomic E-state index is 12.6. The lowest BCUT2D eigenvalue weighted by Crippen LogP contribution is -2.34. The van der Waals surface area contributed by atoms with Gasteiger partial charge in [0.15, 0.2) is 5.78 Å². The highest BCUT2D eigenvalue weighted by Crippen LogP contribution is 2.31. The van der Waals surface area contributed by atoms with Crippen molar-refractivity contribution < 1.29 is 34.4 Å². The van der Waals surface area contributed by atoms with Crippen LogP contribution in [-0.4, -0.2) is 52.5 Å². The van der Waals surface area contributed by atoms with Crippen molar-refractivity contribution in [3.63, 3.8) is 0 Å². The van der Waals surface area contributed by atoms with Crippen LogP contribution in [0.5, 0.6) is 11.5 Å². The van der Waals surface area contributed by atoms with E-state index < -0.39 is 30.1 Å². The minimum atomic E-state index is -1.47. The molecule has 0 bridgehead atoms. The molecule has 1 heterocycles. The molecule has 27 heavy (non-hydrogen) atoms. The number of aromatic hydroxyl groups is 1. The highest BCUT2D eigenvalue weighted by atomic mass is 16.5. The van der Waals surface area contributed by atoms with Crippen molar-refractivity contribution >= 4 is 17.8 Å². The first-order valence-electron chi connectivity index (χ1n) is 8.92. The Morgan fingerprint density at radius 2 is 1.89 bits per heavy atom. The van der Waals surface area contributed by atoms with E-state index in [0.717, 1.165) is 0 Å². The zero-order chi connectivity index (χ0) is 20.1. The van der Waals surface area contributed by atoms with E-state index in [2.05, 4.69) is 0 Å². The van der Waals surface area contributed by atoms with Crippen molar-refractivity contribution in [1.82, 2.24) is 0 Å². The second-order valence-electron chi connectivity index (χ2n) is 6.85. The van der Waals surface area contributed by atoms with Crippen LogP contribution in [0.15, 0.2) is 18.2 Å². The summed E-state index contributed by atoms with van der Waals surface area (Å²) in [6.07, 6.45) is 0.278. The molecule has 0 saturated carbocycles. The smallest absolute Gasteiger partial charge is 0.342 e. The fraction of sp³-hybridized carbons (Fsp3) is 0.500. The number of carbonyl (C=O) groups excluding carboxylic acids is 2. The molecular weight excluding hydrogens is 352 g/mol. The monoisotopic (exact) mass is 378 g/mol. The first-order chi connectivity index (χ1) is 12.7. The number of hydrogen-bond acceptors (Lipinski definition) is 7. The molecule has 0 radical (unpaired) electrons. The third-order valence-electron chi connectivity index (χ3n) is 4.87. The number of phenolic OH excluding ortho intramolecular Hbond substituents is 1. The largest absolute Gasteiger partial charge is 0.507 e. The van der Waals surface area contributed by atoms with Gasteiger partial charge in [-0.15, -0.1) is 0 Å². The van der Waals surface area contributed by atoms with Crippen molar-refractivity contribution in [2.24, 2.45) is 5.92 Å². The number of aliphatic hydroxyl groups excluding tert-OH is 2. The fourth-order valence-corrected chi connectivity index (χ4v) is 2.87. The highest BCUT2D eigenvalue weighted by Gasteiger charge is 2.27. The molecule has 1 unspecified atom stereocenters. The lowest BCUT2D eigenvalue weighted by molar-refractivity contribution is -0.133. The third kappa shape index (κ3) is 5.08. The molecule has 0 saturated heterocycles. The molecule has 1 aromatic carbocycles. The van der Waals surface area contributed by atoms with E-state index in [4.69, 9.17) is 9.47 Å². The SMILES string of the molecule is COc1cc(O)c2c(c1)/C=C/C[C@H](O)[C@H](O)C(=O)CC[C@@H](C)C(C)OC2=O. The highest BCUT2D eigenvalue weighted by molar-refractivity contribution is 5.97. The molecule has 2 rings (SSSR count). The summed E-state index contributed by atoms with van der Waals surface area (Å²) in [6, 6.07) is 2.88. The van der Waals surface area contributed by atoms with Gasteiger partial charge >= 0.3 is 5.97 Å². The molecule has 0 fully saturated rings. The van der Waals surface area contributed by atoms with Gasteiger partial charge < -0.3 is 24.8 Å². The molecule has 3 N–H and O–H groups in total. The van der Waals surface area contributed by atoms with Crippen LogP contribution in [0.2, 0.25) is 0 Å². The van der Waals surface area contributed by atoms with Crippen LogP contribution in [0.3, 0.4) is 0 Å². The Morgan fingerprint density at radius 1 is 1.19 bits per heavy atom. The van der Waals surface area contributed by atoms with Gasteiger partial charge in [-0.2, -0.15) is 0 Å². The van der Waals surface area contributed by atoms with Gasteiger partial charge in [0.25, 0.3) is 0 Å². The second kappa shape index (κ2) is 9.01. The summed E-state index contributed by atoms with van der Waals surface area (Å²) in [5.41, 5.74) is 0.344. The average molecular weight is 378 g/mol. The summed E-state index contributed by atoms with van der Waals surface area (Å²) in [5.74, 6) is -1.20. The van der Waals surface area contributed by atoms with Crippen molar-refractivity contribution in [3.05, 3.63) is 29.3 Å². The van der Waals surface area contributed by atoms with E-state index in [9.17, 15) is 24.9 Å². The normalized spacial score (nSPS) is 28.6. The Kier molecular flexibility index (Phi) is 6.98. The van der Waals surface area contributed by atoms with Gasteiger partial charge in [0.2, 0.25) is 0 Å². The molecule has 1 aliphatic heterocycles. The number of carbonyl (C=O) groups is 2. The van der Waals surface area contributed by atoms with E-state index >= 15 is 0 Å². The molecular formula is C20H26O7. The van der Waals surface area contributed by atoms with E-state index in [1.165, 1.54) is 25.3 Å². The Bertz CT molecular complexity index is 725. The maximum Gasteiger partial charge on any atom is 0.342 e. The number of phenols is 1. The van der Waals surface area contributed by atoms with Crippen molar-refractivity contribution in [1.29, 1.82) is 0 Å². The zero-order valence-corrected chi connectivity index (χ0v) is 15.7. The lowest BCUT2D eigenvalue weighted by Gasteiger charge is -2.22. The van der Waals surface area contributed by atoms with Crippen LogP contribution in [0, 0.1) is 5.92 Å². The van der Waals surface area contributed by atoms with Gasteiger partial charge in [0, 0.05) is 12.5 Å². The first-order valence-corrected chi connectivity index (χ1v) is 8.92. The quantitative estimate of drug-likeness (QED) is 0.641. The lowest BCUT2D eigenvalue weighted by atomic mass is 9.94. The van der Waals surface area contributed by atoms with E-state index in [1.54, 1.807) is 13.0 Å². The van der Waals surface area contributed by atoms with Crippen LogP contribution in [0.4, 0.5) is 0 Å². The van der Waals surface area contributed by atoms with E-state index in [-0.39, 0.29) is 30.1 Å². The molecule has 7 nitrogen and oxygen atoms in total. The fourth-order valence-electron chi connectivity index (χ4n) is 2.87. The number of benzene rings is 1. The van der Waals surface area contributed by atoms with E-state index in [0.29, 0.717) is 17.7 Å². The van der Waals surface area contributed by atoms with Gasteiger partial charge in [0.05, 0.1) is 13.2 Å². The minimum Gasteiger partial charge on any atom is -0.507 e. The van der Waals surface area contributed by atoms with Crippen LogP contribution in [0.25, 0.3) is 6.08 Å². The van der Waals surface area contributed by atoms with Crippen molar-refractivity contribution in [2.75, 3.05) is 7.11 Å². The number of Topliss-reactive ketones (excluding diaryl/α,β-unsaturated/α-hetero) is 1. The van der Waals surface area contributed by atoms with Gasteiger partial charge in [0.1, 0.15) is 29.3 Å². The summed E-state index contributed by atoms with van der Waals surface area (Å²) < 4.78 is 10.6. The minimum absolute atomic E-state index is 0.00528. The topological polar surface area (TPSA) is 113 Å². The number of rotatable bonds is 1. The number of methoxy groups -OCH3 is 1. The summed E-state index contributed by atoms with van der Waals surface area (Å²) in [7, 11) is 1.43. The molecule has 0 spiro atoms. The predicted molar refractivity (Wildman–Crippen MR) is 98.6 cm³/mol. The molecule has 0 aliphatic carbocycles. The third-order valence-corrected chi connectivity index (χ3v) is 4.87. The van der Waals surface area contributed by atoms with E-state index in [1.807, 2.05) is 6.92 Å². The summed E-state index contributed by atoms with van der Waals surface area (Å²) in [4.78, 5) is 24.7. The van der Waals surface area contributed by atoms with Gasteiger partial charge in [-0.25, -0.2) is 4.79 Å². The Labute approximate surface area is 158 Å². The molecule has 1 aromatic rings. The zero-order valence-electron chi connectivity index (χ0n) is 15.7. The Hall–Kier alpha value is -2.38. The summed E-state index contributed by atoms with van der Waals surface area (Å²) in [5, 5.41) is 30.3. The van der Waals surface area contributed by atoms with Crippen LogP contribution < -0.4 is 4.74 Å². The second-order valence-corrected chi connectivity index (χ2v) is 6.85. The number of hydrogen-bond donors (Lipinski definition) is 3. The molecule has 0 amide bonds. The molecule has 4 atom stereocenters. The number of fused-ring (bicyclic) bond motifs is 1. The summed E-state index contributed by atoms with van der Waals surface area (Å²) in [6.45, 7) is 3.54. The number of aliphatic hydroxyl groups is 2. The number of ether oxygens (including phenoxy) is 2. The first kappa shape index (κ1) is 20.9. The van der Waals surface area contributed by atoms with Crippen LogP contribution >= 0.6 is 0 Å². The van der Waals surface area contributed by atoms with Crippen LogP contribution in [0.1, 0.15) is 49.0 Å². The predicted octanol–water partition coefficient (Wildman–Crippen LogP) is 2.07. The van der Waals surface area contributed by atoms with Crippen LogP contribution in [-0.2, 0) is 9.53 Å². The molecule has 7 heteroatoms.